The molecule has 0 saturated heterocycles. The molecule has 0 aliphatic heterocycles. The van der Waals surface area contributed by atoms with Gasteiger partial charge in [-0.05, 0) is 56.8 Å². The SMILES string of the molecule is C=C[C@@]1(C)C[C@H](O)[C@@]2(CC[C@@H]3[C@@](C)(CCC[C@]3(C)C(=O)O)C2=O)C1. The molecular weight excluding hydrogens is 304 g/mol. The van der Waals surface area contributed by atoms with Crippen LogP contribution in [0, 0.1) is 27.6 Å². The normalized spacial score (nSPS) is 51.4. The van der Waals surface area contributed by atoms with Gasteiger partial charge in [-0.15, -0.1) is 6.58 Å². The highest BCUT2D eigenvalue weighted by Gasteiger charge is 2.67. The van der Waals surface area contributed by atoms with Gasteiger partial charge >= 0.3 is 5.97 Å². The number of allylic oxidation sites excluding steroid dienone is 1. The minimum Gasteiger partial charge on any atom is -0.481 e. The second kappa shape index (κ2) is 5.17. The molecule has 0 radical (unpaired) electrons. The summed E-state index contributed by atoms with van der Waals surface area (Å²) in [6.45, 7) is 9.72. The number of hydrogen-bond acceptors (Lipinski definition) is 3. The lowest BCUT2D eigenvalue weighted by molar-refractivity contribution is -0.177. The summed E-state index contributed by atoms with van der Waals surface area (Å²) in [6, 6.07) is 0. The Morgan fingerprint density at radius 3 is 2.46 bits per heavy atom. The van der Waals surface area contributed by atoms with Gasteiger partial charge in [-0.25, -0.2) is 0 Å². The van der Waals surface area contributed by atoms with Crippen LogP contribution >= 0.6 is 0 Å². The first-order valence-electron chi connectivity index (χ1n) is 9.14. The van der Waals surface area contributed by atoms with E-state index in [9.17, 15) is 19.8 Å². The highest BCUT2D eigenvalue weighted by Crippen LogP contribution is 2.65. The summed E-state index contributed by atoms with van der Waals surface area (Å²) in [6.07, 6.45) is 5.85. The van der Waals surface area contributed by atoms with Crippen molar-refractivity contribution in [2.45, 2.75) is 71.8 Å². The number of Topliss-reactive ketones (excluding diaryl/α,β-unsaturated/α-hetero) is 1. The van der Waals surface area contributed by atoms with Crippen LogP contribution in [0.3, 0.4) is 0 Å². The van der Waals surface area contributed by atoms with E-state index in [0.29, 0.717) is 32.1 Å². The minimum atomic E-state index is -0.838. The monoisotopic (exact) mass is 334 g/mol. The van der Waals surface area contributed by atoms with E-state index >= 15 is 0 Å². The Hall–Kier alpha value is -1.16. The van der Waals surface area contributed by atoms with E-state index in [-0.39, 0.29) is 17.1 Å². The molecule has 3 aliphatic rings. The van der Waals surface area contributed by atoms with Crippen LogP contribution in [0.15, 0.2) is 12.7 Å². The minimum absolute atomic E-state index is 0.108. The van der Waals surface area contributed by atoms with Gasteiger partial charge in [0.25, 0.3) is 0 Å². The van der Waals surface area contributed by atoms with Crippen molar-refractivity contribution in [3.8, 4) is 0 Å². The number of carboxylic acids is 1. The summed E-state index contributed by atoms with van der Waals surface area (Å²) in [4.78, 5) is 25.6. The largest absolute Gasteiger partial charge is 0.481 e. The molecule has 0 amide bonds. The average Bonchev–Trinajstić information content (AvgIpc) is 2.77. The van der Waals surface area contributed by atoms with Gasteiger partial charge in [0, 0.05) is 5.41 Å². The topological polar surface area (TPSA) is 74.6 Å². The van der Waals surface area contributed by atoms with Crippen molar-refractivity contribution < 1.29 is 19.8 Å². The first-order chi connectivity index (χ1) is 11.0. The summed E-state index contributed by atoms with van der Waals surface area (Å²) in [7, 11) is 0. The first kappa shape index (κ1) is 17.7. The van der Waals surface area contributed by atoms with Gasteiger partial charge in [0.2, 0.25) is 0 Å². The van der Waals surface area contributed by atoms with E-state index in [1.807, 2.05) is 19.9 Å². The smallest absolute Gasteiger partial charge is 0.309 e. The third-order valence-electron chi connectivity index (χ3n) is 7.78. The molecule has 0 bridgehead atoms. The number of carbonyl (C=O) groups is 2. The number of rotatable bonds is 2. The maximum atomic E-state index is 13.6. The predicted molar refractivity (Wildman–Crippen MR) is 91.4 cm³/mol. The lowest BCUT2D eigenvalue weighted by Gasteiger charge is -2.56. The molecule has 6 atom stereocenters. The van der Waals surface area contributed by atoms with Crippen molar-refractivity contribution in [3.05, 3.63) is 12.7 Å². The van der Waals surface area contributed by atoms with Gasteiger partial charge < -0.3 is 10.2 Å². The summed E-state index contributed by atoms with van der Waals surface area (Å²) in [5.41, 5.74) is -2.42. The van der Waals surface area contributed by atoms with Crippen LogP contribution in [0.5, 0.6) is 0 Å². The molecule has 0 aromatic rings. The van der Waals surface area contributed by atoms with Gasteiger partial charge in [0.05, 0.1) is 16.9 Å². The fourth-order valence-electron chi connectivity index (χ4n) is 6.31. The van der Waals surface area contributed by atoms with Gasteiger partial charge in [-0.3, -0.25) is 9.59 Å². The Bertz CT molecular complexity index is 598. The van der Waals surface area contributed by atoms with Gasteiger partial charge in [0.15, 0.2) is 0 Å². The van der Waals surface area contributed by atoms with E-state index in [1.54, 1.807) is 0 Å². The fraction of sp³-hybridized carbons (Fsp3) is 0.800. The molecule has 2 N–H and O–H groups in total. The lowest BCUT2D eigenvalue weighted by atomic mass is 9.45. The zero-order valence-electron chi connectivity index (χ0n) is 15.1. The number of aliphatic carboxylic acids is 1. The second-order valence-electron chi connectivity index (χ2n) is 9.33. The Kier molecular flexibility index (Phi) is 3.80. The van der Waals surface area contributed by atoms with E-state index < -0.39 is 28.3 Å². The van der Waals surface area contributed by atoms with Crippen LogP contribution in [-0.4, -0.2) is 28.1 Å². The number of aliphatic hydroxyl groups excluding tert-OH is 1. The fourth-order valence-corrected chi connectivity index (χ4v) is 6.31. The van der Waals surface area contributed by atoms with E-state index in [4.69, 9.17) is 0 Å². The Morgan fingerprint density at radius 2 is 1.92 bits per heavy atom. The van der Waals surface area contributed by atoms with Crippen molar-refractivity contribution in [2.24, 2.45) is 27.6 Å². The summed E-state index contributed by atoms with van der Waals surface area (Å²) in [5.74, 6) is -0.821. The summed E-state index contributed by atoms with van der Waals surface area (Å²) < 4.78 is 0. The molecule has 3 saturated carbocycles. The molecule has 0 aromatic heterocycles. The average molecular weight is 334 g/mol. The van der Waals surface area contributed by atoms with E-state index in [0.717, 1.165) is 12.8 Å². The van der Waals surface area contributed by atoms with Crippen LogP contribution in [0.25, 0.3) is 0 Å². The van der Waals surface area contributed by atoms with Gasteiger partial charge in [-0.1, -0.05) is 26.3 Å². The lowest BCUT2D eigenvalue weighted by Crippen LogP contribution is -2.60. The predicted octanol–water partition coefficient (Wildman–Crippen LogP) is 3.58. The highest BCUT2D eigenvalue weighted by atomic mass is 16.4. The highest BCUT2D eigenvalue weighted by molar-refractivity contribution is 5.93. The van der Waals surface area contributed by atoms with E-state index in [2.05, 4.69) is 13.5 Å². The van der Waals surface area contributed by atoms with Crippen LogP contribution in [0.1, 0.15) is 65.7 Å². The van der Waals surface area contributed by atoms with Crippen LogP contribution in [0.2, 0.25) is 0 Å². The number of aliphatic hydroxyl groups is 1. The zero-order valence-corrected chi connectivity index (χ0v) is 15.1. The molecule has 4 nitrogen and oxygen atoms in total. The maximum Gasteiger partial charge on any atom is 0.309 e. The molecule has 24 heavy (non-hydrogen) atoms. The van der Waals surface area contributed by atoms with Crippen molar-refractivity contribution >= 4 is 11.8 Å². The number of hydrogen-bond donors (Lipinski definition) is 2. The number of carboxylic acid groups (broad SMARTS) is 1. The maximum absolute atomic E-state index is 13.6. The Labute approximate surface area is 144 Å². The summed E-state index contributed by atoms with van der Waals surface area (Å²) >= 11 is 0. The van der Waals surface area contributed by atoms with Gasteiger partial charge in [-0.2, -0.15) is 0 Å². The number of fused-ring (bicyclic) bond motifs is 1. The standard InChI is InChI=1S/C20H30O4/c1-5-17(2)11-14(21)20(12-17)10-7-13-18(3,15(20)22)8-6-9-19(13,4)16(23)24/h5,13-14,21H,1,6-12H2,2-4H3,(H,23,24)/t13-,14+,17+,18-,19+,20-/m1/s1. The van der Waals surface area contributed by atoms with Crippen molar-refractivity contribution in [1.29, 1.82) is 0 Å². The van der Waals surface area contributed by atoms with Crippen LogP contribution < -0.4 is 0 Å². The molecule has 0 heterocycles. The van der Waals surface area contributed by atoms with Gasteiger partial charge in [0.1, 0.15) is 5.78 Å². The zero-order chi connectivity index (χ0) is 18.0. The second-order valence-corrected chi connectivity index (χ2v) is 9.33. The molecule has 134 valence electrons. The molecule has 3 fully saturated rings. The number of ketones is 1. The molecule has 0 unspecified atom stereocenters. The Morgan fingerprint density at radius 1 is 1.25 bits per heavy atom. The molecule has 4 heteroatoms. The quantitative estimate of drug-likeness (QED) is 0.757. The van der Waals surface area contributed by atoms with E-state index in [1.165, 1.54) is 0 Å². The Balaban J connectivity index is 2.01. The molecule has 3 aliphatic carbocycles. The first-order valence-corrected chi connectivity index (χ1v) is 9.14. The molecule has 1 spiro atoms. The third-order valence-corrected chi connectivity index (χ3v) is 7.78. The van der Waals surface area contributed by atoms with Crippen molar-refractivity contribution in [2.75, 3.05) is 0 Å². The molecule has 0 aromatic carbocycles. The number of carbonyl (C=O) groups excluding carboxylic acids is 1. The van der Waals surface area contributed by atoms with Crippen LogP contribution in [-0.2, 0) is 9.59 Å². The summed E-state index contributed by atoms with van der Waals surface area (Å²) in [5, 5.41) is 20.6. The van der Waals surface area contributed by atoms with Crippen molar-refractivity contribution in [1.82, 2.24) is 0 Å². The third kappa shape index (κ3) is 2.08. The van der Waals surface area contributed by atoms with Crippen LogP contribution in [0.4, 0.5) is 0 Å². The molecule has 3 rings (SSSR count). The van der Waals surface area contributed by atoms with Crippen molar-refractivity contribution in [3.63, 3.8) is 0 Å². The molecular formula is C20H30O4.